The van der Waals surface area contributed by atoms with Crippen LogP contribution in [0.2, 0.25) is 0 Å². The quantitative estimate of drug-likeness (QED) is 0.158. The smallest absolute Gasteiger partial charge is 0.136 e. The maximum absolute atomic E-state index is 6.33. The molecule has 0 unspecified atom stereocenters. The molecule has 59 heavy (non-hydrogen) atoms. The van der Waals surface area contributed by atoms with E-state index in [0.29, 0.717) is 0 Å². The zero-order valence-electron chi connectivity index (χ0n) is 32.1. The Morgan fingerprint density at radius 2 is 0.898 bits per heavy atom. The molecule has 0 aliphatic heterocycles. The minimum Gasteiger partial charge on any atom is -0.456 e. The molecular formula is C56H36N2O. The van der Waals surface area contributed by atoms with Crippen molar-refractivity contribution in [3.63, 3.8) is 0 Å². The third kappa shape index (κ3) is 5.44. The Kier molecular flexibility index (Phi) is 7.54. The normalized spacial score (nSPS) is 11.7. The predicted molar refractivity (Wildman–Crippen MR) is 249 cm³/mol. The van der Waals surface area contributed by atoms with Gasteiger partial charge >= 0.3 is 0 Å². The molecule has 12 rings (SSSR count). The minimum atomic E-state index is 0.890. The van der Waals surface area contributed by atoms with Crippen molar-refractivity contribution >= 4 is 82.4 Å². The van der Waals surface area contributed by atoms with Gasteiger partial charge in [0.25, 0.3) is 0 Å². The van der Waals surface area contributed by atoms with Crippen molar-refractivity contribution in [2.75, 3.05) is 4.90 Å². The van der Waals surface area contributed by atoms with E-state index in [1.807, 2.05) is 12.1 Å². The average Bonchev–Trinajstić information content (AvgIpc) is 3.85. The lowest BCUT2D eigenvalue weighted by atomic mass is 9.97. The number of hydrogen-bond acceptors (Lipinski definition) is 2. The highest BCUT2D eigenvalue weighted by Crippen LogP contribution is 2.43. The largest absolute Gasteiger partial charge is 0.456 e. The van der Waals surface area contributed by atoms with Crippen molar-refractivity contribution in [3.05, 3.63) is 218 Å². The Morgan fingerprint density at radius 1 is 0.339 bits per heavy atom. The summed E-state index contributed by atoms with van der Waals surface area (Å²) in [6, 6.07) is 78.9. The van der Waals surface area contributed by atoms with Crippen LogP contribution in [0.3, 0.4) is 0 Å². The maximum Gasteiger partial charge on any atom is 0.136 e. The van der Waals surface area contributed by atoms with Gasteiger partial charge in [-0.15, -0.1) is 0 Å². The summed E-state index contributed by atoms with van der Waals surface area (Å²) in [4.78, 5) is 2.40. The number of fused-ring (bicyclic) bond motifs is 9. The molecule has 0 saturated heterocycles. The van der Waals surface area contributed by atoms with Crippen LogP contribution < -0.4 is 4.90 Å². The van der Waals surface area contributed by atoms with Crippen LogP contribution in [0.15, 0.2) is 223 Å². The molecule has 0 aliphatic rings. The molecule has 0 bridgehead atoms. The fourth-order valence-electron chi connectivity index (χ4n) is 9.26. The van der Waals surface area contributed by atoms with Crippen molar-refractivity contribution in [3.8, 4) is 27.9 Å². The summed E-state index contributed by atoms with van der Waals surface area (Å²) in [5.41, 5.74) is 13.1. The van der Waals surface area contributed by atoms with Crippen LogP contribution in [0.25, 0.3) is 93.2 Å². The second-order valence-electron chi connectivity index (χ2n) is 15.3. The summed E-state index contributed by atoms with van der Waals surface area (Å²) < 4.78 is 8.72. The second-order valence-corrected chi connectivity index (χ2v) is 15.3. The standard InChI is InChI=1S/C56H36N2O/c1-2-20-46-37(13-1)29-30-41-33-39(31-32-47(41)46)38-14-9-16-42(34-38)57(43-17-10-15-40(35-43)48-24-12-28-55-56(48)51-23-5-8-27-54(51)59-55)44-18-11-19-45(36-44)58-52-25-6-3-21-49(52)50-22-4-7-26-53(50)58/h1-36H. The summed E-state index contributed by atoms with van der Waals surface area (Å²) in [5, 5.41) is 9.78. The van der Waals surface area contributed by atoms with Gasteiger partial charge in [0.05, 0.1) is 11.0 Å². The van der Waals surface area contributed by atoms with Gasteiger partial charge in [0.15, 0.2) is 0 Å². The Balaban J connectivity index is 1.05. The molecule has 276 valence electrons. The third-order valence-corrected chi connectivity index (χ3v) is 11.9. The molecule has 0 aliphatic carbocycles. The molecule has 0 amide bonds. The zero-order valence-corrected chi connectivity index (χ0v) is 32.1. The highest BCUT2D eigenvalue weighted by molar-refractivity contribution is 6.13. The van der Waals surface area contributed by atoms with E-state index in [2.05, 4.69) is 216 Å². The van der Waals surface area contributed by atoms with Gasteiger partial charge in [-0.1, -0.05) is 146 Å². The van der Waals surface area contributed by atoms with E-state index >= 15 is 0 Å². The Morgan fingerprint density at radius 3 is 1.69 bits per heavy atom. The van der Waals surface area contributed by atoms with E-state index in [-0.39, 0.29) is 0 Å². The molecule has 0 spiro atoms. The fraction of sp³-hybridized carbons (Fsp3) is 0. The Hall–Kier alpha value is -7.88. The first-order valence-corrected chi connectivity index (χ1v) is 20.2. The van der Waals surface area contributed by atoms with Crippen molar-refractivity contribution in [1.29, 1.82) is 0 Å². The fourth-order valence-corrected chi connectivity index (χ4v) is 9.26. The first-order chi connectivity index (χ1) is 29.2. The Labute approximate surface area is 341 Å². The SMILES string of the molecule is c1cc(-c2ccc3c(ccc4ccccc43)c2)cc(N(c2cccc(-c3cccc4oc5ccccc5c34)c2)c2cccc(-n3c4ccccc4c4ccccc43)c2)c1. The van der Waals surface area contributed by atoms with Crippen LogP contribution in [0.1, 0.15) is 0 Å². The van der Waals surface area contributed by atoms with Gasteiger partial charge < -0.3 is 13.9 Å². The van der Waals surface area contributed by atoms with Gasteiger partial charge in [-0.3, -0.25) is 0 Å². The van der Waals surface area contributed by atoms with Gasteiger partial charge in [0.2, 0.25) is 0 Å². The van der Waals surface area contributed by atoms with Crippen LogP contribution in [0.5, 0.6) is 0 Å². The third-order valence-electron chi connectivity index (χ3n) is 11.9. The van der Waals surface area contributed by atoms with Gasteiger partial charge in [-0.25, -0.2) is 0 Å². The lowest BCUT2D eigenvalue weighted by Gasteiger charge is -2.27. The summed E-state index contributed by atoms with van der Waals surface area (Å²) in [5.74, 6) is 0. The monoisotopic (exact) mass is 752 g/mol. The summed E-state index contributed by atoms with van der Waals surface area (Å²) in [6.45, 7) is 0. The number of furan rings is 1. The molecule has 0 saturated carbocycles. The molecule has 0 N–H and O–H groups in total. The van der Waals surface area contributed by atoms with Crippen molar-refractivity contribution in [2.24, 2.45) is 0 Å². The van der Waals surface area contributed by atoms with Crippen molar-refractivity contribution in [2.45, 2.75) is 0 Å². The number of rotatable bonds is 6. The molecule has 2 aromatic heterocycles. The van der Waals surface area contributed by atoms with Gasteiger partial charge in [-0.2, -0.15) is 0 Å². The van der Waals surface area contributed by atoms with Crippen LogP contribution in [0.4, 0.5) is 17.1 Å². The predicted octanol–water partition coefficient (Wildman–Crippen LogP) is 15.8. The number of aromatic nitrogens is 1. The lowest BCUT2D eigenvalue weighted by molar-refractivity contribution is 0.669. The average molecular weight is 753 g/mol. The van der Waals surface area contributed by atoms with Crippen LogP contribution in [0, 0.1) is 0 Å². The molecule has 2 heterocycles. The maximum atomic E-state index is 6.33. The number of para-hydroxylation sites is 3. The van der Waals surface area contributed by atoms with Gasteiger partial charge in [0.1, 0.15) is 11.2 Å². The first kappa shape index (κ1) is 33.3. The highest BCUT2D eigenvalue weighted by atomic mass is 16.3. The molecule has 3 nitrogen and oxygen atoms in total. The van der Waals surface area contributed by atoms with Crippen LogP contribution >= 0.6 is 0 Å². The van der Waals surface area contributed by atoms with Gasteiger partial charge in [0, 0.05) is 44.3 Å². The molecule has 0 fully saturated rings. The van der Waals surface area contributed by atoms with Crippen molar-refractivity contribution < 1.29 is 4.42 Å². The van der Waals surface area contributed by atoms with E-state index in [1.54, 1.807) is 0 Å². The van der Waals surface area contributed by atoms with E-state index in [9.17, 15) is 0 Å². The molecule has 3 heteroatoms. The lowest BCUT2D eigenvalue weighted by Crippen LogP contribution is -2.11. The number of hydrogen-bond donors (Lipinski definition) is 0. The molecule has 0 atom stereocenters. The highest BCUT2D eigenvalue weighted by Gasteiger charge is 2.19. The number of nitrogens with zero attached hydrogens (tertiary/aromatic N) is 2. The summed E-state index contributed by atoms with van der Waals surface area (Å²) in [6.07, 6.45) is 0. The van der Waals surface area contributed by atoms with Gasteiger partial charge in [-0.05, 0) is 117 Å². The van der Waals surface area contributed by atoms with Crippen LogP contribution in [-0.2, 0) is 0 Å². The molecule has 0 radical (unpaired) electrons. The zero-order chi connectivity index (χ0) is 38.9. The number of anilines is 3. The molecular weight excluding hydrogens is 717 g/mol. The first-order valence-electron chi connectivity index (χ1n) is 20.2. The molecule has 12 aromatic rings. The number of benzene rings is 10. The van der Waals surface area contributed by atoms with E-state index in [1.165, 1.54) is 48.9 Å². The van der Waals surface area contributed by atoms with Crippen molar-refractivity contribution in [1.82, 2.24) is 4.57 Å². The van der Waals surface area contributed by atoms with Crippen LogP contribution in [-0.4, -0.2) is 4.57 Å². The van der Waals surface area contributed by atoms with E-state index in [4.69, 9.17) is 4.42 Å². The Bertz CT molecular complexity index is 3540. The minimum absolute atomic E-state index is 0.890. The summed E-state index contributed by atoms with van der Waals surface area (Å²) in [7, 11) is 0. The topological polar surface area (TPSA) is 21.3 Å². The summed E-state index contributed by atoms with van der Waals surface area (Å²) >= 11 is 0. The van der Waals surface area contributed by atoms with E-state index in [0.717, 1.165) is 61.4 Å². The molecule has 10 aromatic carbocycles. The second kappa shape index (κ2) is 13.4. The van der Waals surface area contributed by atoms with E-state index < -0.39 is 0 Å².